The topological polar surface area (TPSA) is 94.2 Å². The van der Waals surface area contributed by atoms with E-state index < -0.39 is 12.0 Å². The Labute approximate surface area is 203 Å². The number of imide groups is 1. The Morgan fingerprint density at radius 3 is 2.56 bits per heavy atom. The highest BCUT2D eigenvalue weighted by Crippen LogP contribution is 2.34. The van der Waals surface area contributed by atoms with E-state index in [9.17, 15) is 14.4 Å². The molecule has 0 radical (unpaired) electrons. The van der Waals surface area contributed by atoms with Crippen molar-refractivity contribution in [2.24, 2.45) is 0 Å². The number of aryl methyl sites for hydroxylation is 1. The molecule has 1 heterocycles. The van der Waals surface area contributed by atoms with E-state index in [0.29, 0.717) is 34.3 Å². The lowest BCUT2D eigenvalue weighted by Crippen LogP contribution is -2.41. The van der Waals surface area contributed by atoms with Gasteiger partial charge in [-0.15, -0.1) is 0 Å². The zero-order chi connectivity index (χ0) is 24.7. The van der Waals surface area contributed by atoms with Crippen LogP contribution in [0.2, 0.25) is 0 Å². The lowest BCUT2D eigenvalue weighted by molar-refractivity contribution is -0.128. The average molecular weight is 485 g/mol. The van der Waals surface area contributed by atoms with Gasteiger partial charge in [-0.1, -0.05) is 23.8 Å². The number of amides is 3. The maximum absolute atomic E-state index is 12.7. The van der Waals surface area contributed by atoms with E-state index in [4.69, 9.17) is 14.2 Å². The summed E-state index contributed by atoms with van der Waals surface area (Å²) >= 11 is 0.862. The van der Waals surface area contributed by atoms with Gasteiger partial charge >= 0.3 is 0 Å². The SMILES string of the molecule is CCOc1ccc(/C=C2\SC(=O)N(CCNC(=O)C(C)Oc3ccc(C)cc3)C2=O)cc1OC. The summed E-state index contributed by atoms with van der Waals surface area (Å²) in [7, 11) is 1.54. The fraction of sp³-hybridized carbons (Fsp3) is 0.320. The van der Waals surface area contributed by atoms with Crippen molar-refractivity contribution in [3.05, 3.63) is 58.5 Å². The molecule has 0 aliphatic carbocycles. The Balaban J connectivity index is 1.55. The van der Waals surface area contributed by atoms with Crippen molar-refractivity contribution in [3.8, 4) is 17.2 Å². The molecule has 34 heavy (non-hydrogen) atoms. The number of carbonyl (C=O) groups is 3. The minimum atomic E-state index is -0.716. The number of hydrogen-bond donors (Lipinski definition) is 1. The van der Waals surface area contributed by atoms with Crippen LogP contribution >= 0.6 is 11.8 Å². The number of benzene rings is 2. The monoisotopic (exact) mass is 484 g/mol. The molecule has 1 unspecified atom stereocenters. The summed E-state index contributed by atoms with van der Waals surface area (Å²) in [5.74, 6) is 1.01. The molecular formula is C25H28N2O6S. The molecule has 1 aliphatic heterocycles. The molecule has 0 spiro atoms. The fourth-order valence-corrected chi connectivity index (χ4v) is 4.07. The number of thioether (sulfide) groups is 1. The normalized spacial score (nSPS) is 15.4. The third-order valence-electron chi connectivity index (χ3n) is 5.00. The zero-order valence-electron chi connectivity index (χ0n) is 19.6. The quantitative estimate of drug-likeness (QED) is 0.509. The molecular weight excluding hydrogens is 456 g/mol. The van der Waals surface area contributed by atoms with Crippen molar-refractivity contribution < 1.29 is 28.6 Å². The van der Waals surface area contributed by atoms with E-state index in [1.54, 1.807) is 43.3 Å². The smallest absolute Gasteiger partial charge is 0.293 e. The highest BCUT2D eigenvalue weighted by Gasteiger charge is 2.34. The van der Waals surface area contributed by atoms with Crippen LogP contribution in [0.5, 0.6) is 17.2 Å². The third-order valence-corrected chi connectivity index (χ3v) is 5.90. The van der Waals surface area contributed by atoms with Gasteiger partial charge in [-0.3, -0.25) is 19.3 Å². The van der Waals surface area contributed by atoms with E-state index in [0.717, 1.165) is 22.2 Å². The highest BCUT2D eigenvalue weighted by molar-refractivity contribution is 8.18. The van der Waals surface area contributed by atoms with Crippen LogP contribution < -0.4 is 19.5 Å². The Kier molecular flexibility index (Phi) is 8.59. The zero-order valence-corrected chi connectivity index (χ0v) is 20.4. The second-order valence-corrected chi connectivity index (χ2v) is 8.53. The Morgan fingerprint density at radius 1 is 1.15 bits per heavy atom. The molecule has 3 rings (SSSR count). The van der Waals surface area contributed by atoms with Gasteiger partial charge in [0, 0.05) is 13.1 Å². The van der Waals surface area contributed by atoms with E-state index in [1.165, 1.54) is 7.11 Å². The number of ether oxygens (including phenoxy) is 3. The summed E-state index contributed by atoms with van der Waals surface area (Å²) in [6, 6.07) is 12.7. The van der Waals surface area contributed by atoms with Crippen LogP contribution in [0.1, 0.15) is 25.0 Å². The molecule has 1 aliphatic rings. The largest absolute Gasteiger partial charge is 0.493 e. The Bertz CT molecular complexity index is 1080. The lowest BCUT2D eigenvalue weighted by Gasteiger charge is -2.17. The number of nitrogens with zero attached hydrogens (tertiary/aromatic N) is 1. The summed E-state index contributed by atoms with van der Waals surface area (Å²) < 4.78 is 16.5. The van der Waals surface area contributed by atoms with Gasteiger partial charge in [-0.25, -0.2) is 0 Å². The maximum Gasteiger partial charge on any atom is 0.293 e. The molecule has 1 fully saturated rings. The first-order valence-corrected chi connectivity index (χ1v) is 11.7. The molecule has 0 saturated carbocycles. The van der Waals surface area contributed by atoms with Gasteiger partial charge in [0.15, 0.2) is 17.6 Å². The number of methoxy groups -OCH3 is 1. The molecule has 180 valence electrons. The van der Waals surface area contributed by atoms with Gasteiger partial charge in [0.1, 0.15) is 5.75 Å². The molecule has 8 nitrogen and oxygen atoms in total. The molecule has 2 aromatic rings. The van der Waals surface area contributed by atoms with Crippen molar-refractivity contribution in [2.45, 2.75) is 26.9 Å². The van der Waals surface area contributed by atoms with Crippen LogP contribution in [-0.4, -0.2) is 54.9 Å². The van der Waals surface area contributed by atoms with Crippen molar-refractivity contribution in [1.82, 2.24) is 10.2 Å². The van der Waals surface area contributed by atoms with Gasteiger partial charge in [0.25, 0.3) is 17.1 Å². The van der Waals surface area contributed by atoms with Crippen LogP contribution in [0.25, 0.3) is 6.08 Å². The van der Waals surface area contributed by atoms with Gasteiger partial charge in [0.2, 0.25) is 0 Å². The van der Waals surface area contributed by atoms with Crippen molar-refractivity contribution >= 4 is 34.9 Å². The molecule has 1 atom stereocenters. The predicted octanol–water partition coefficient (Wildman–Crippen LogP) is 4.02. The van der Waals surface area contributed by atoms with Crippen molar-refractivity contribution in [1.29, 1.82) is 0 Å². The van der Waals surface area contributed by atoms with Crippen LogP contribution in [0.4, 0.5) is 4.79 Å². The van der Waals surface area contributed by atoms with E-state index in [2.05, 4.69) is 5.32 Å². The highest BCUT2D eigenvalue weighted by atomic mass is 32.2. The van der Waals surface area contributed by atoms with Crippen LogP contribution in [-0.2, 0) is 9.59 Å². The Hall–Kier alpha value is -3.46. The predicted molar refractivity (Wildman–Crippen MR) is 131 cm³/mol. The summed E-state index contributed by atoms with van der Waals surface area (Å²) in [6.45, 7) is 6.18. The molecule has 2 aromatic carbocycles. The Morgan fingerprint density at radius 2 is 1.88 bits per heavy atom. The fourth-order valence-electron chi connectivity index (χ4n) is 3.20. The lowest BCUT2D eigenvalue weighted by atomic mass is 10.2. The van der Waals surface area contributed by atoms with Crippen LogP contribution in [0.15, 0.2) is 47.4 Å². The number of rotatable bonds is 10. The molecule has 0 bridgehead atoms. The number of nitrogens with one attached hydrogen (secondary N) is 1. The second kappa shape index (κ2) is 11.6. The van der Waals surface area contributed by atoms with E-state index in [1.807, 2.05) is 26.0 Å². The summed E-state index contributed by atoms with van der Waals surface area (Å²) in [5.41, 5.74) is 1.80. The molecule has 1 saturated heterocycles. The number of carbonyl (C=O) groups excluding carboxylic acids is 3. The van der Waals surface area contributed by atoms with Gasteiger partial charge in [-0.2, -0.15) is 0 Å². The van der Waals surface area contributed by atoms with Gasteiger partial charge in [-0.05, 0) is 68.4 Å². The summed E-state index contributed by atoms with van der Waals surface area (Å²) in [6.07, 6.45) is 0.923. The first kappa shape index (κ1) is 25.2. The van der Waals surface area contributed by atoms with Crippen LogP contribution in [0, 0.1) is 6.92 Å². The van der Waals surface area contributed by atoms with E-state index >= 15 is 0 Å². The molecule has 9 heteroatoms. The maximum atomic E-state index is 12.7. The second-order valence-electron chi connectivity index (χ2n) is 7.54. The molecule has 0 aromatic heterocycles. The standard InChI is InChI=1S/C25H28N2O6S/c1-5-32-20-11-8-18(14-21(20)31-4)15-22-24(29)27(25(30)34-22)13-12-26-23(28)17(3)33-19-9-6-16(2)7-10-19/h6-11,14-15,17H,5,12-13H2,1-4H3,(H,26,28)/b22-15-. The van der Waals surface area contributed by atoms with Crippen molar-refractivity contribution in [3.63, 3.8) is 0 Å². The molecule has 1 N–H and O–H groups in total. The minimum absolute atomic E-state index is 0.0671. The van der Waals surface area contributed by atoms with Gasteiger partial charge in [0.05, 0.1) is 18.6 Å². The minimum Gasteiger partial charge on any atom is -0.493 e. The first-order chi connectivity index (χ1) is 16.3. The summed E-state index contributed by atoms with van der Waals surface area (Å²) in [5, 5.41) is 2.33. The van der Waals surface area contributed by atoms with Crippen LogP contribution in [0.3, 0.4) is 0 Å². The summed E-state index contributed by atoms with van der Waals surface area (Å²) in [4.78, 5) is 38.9. The van der Waals surface area contributed by atoms with Gasteiger partial charge < -0.3 is 19.5 Å². The van der Waals surface area contributed by atoms with E-state index in [-0.39, 0.29) is 24.2 Å². The average Bonchev–Trinajstić information content (AvgIpc) is 3.08. The van der Waals surface area contributed by atoms with Crippen molar-refractivity contribution in [2.75, 3.05) is 26.8 Å². The first-order valence-electron chi connectivity index (χ1n) is 10.9. The number of hydrogen-bond acceptors (Lipinski definition) is 7. The molecule has 3 amide bonds. The third kappa shape index (κ3) is 6.32.